The molecule has 1 N–H and O–H groups in total. The Bertz CT molecular complexity index is 583. The van der Waals surface area contributed by atoms with Gasteiger partial charge in [0.1, 0.15) is 5.82 Å². The molecule has 1 aliphatic rings. The predicted octanol–water partition coefficient (Wildman–Crippen LogP) is 4.62. The first kappa shape index (κ1) is 12.2. The summed E-state index contributed by atoms with van der Waals surface area (Å²) in [7, 11) is 0. The van der Waals surface area contributed by atoms with Gasteiger partial charge in [-0.2, -0.15) is 0 Å². The summed E-state index contributed by atoms with van der Waals surface area (Å²) in [5.41, 5.74) is 2.15. The second kappa shape index (κ2) is 5.43. The summed E-state index contributed by atoms with van der Waals surface area (Å²) in [6.07, 6.45) is 8.43. The topological polar surface area (TPSA) is 24.9 Å². The average molecular weight is 252 g/mol. The van der Waals surface area contributed by atoms with E-state index in [2.05, 4.69) is 30.1 Å². The van der Waals surface area contributed by atoms with Crippen molar-refractivity contribution in [3.8, 4) is 0 Å². The molecule has 1 fully saturated rings. The summed E-state index contributed by atoms with van der Waals surface area (Å²) < 4.78 is 0. The van der Waals surface area contributed by atoms with Crippen molar-refractivity contribution >= 4 is 22.8 Å². The molecule has 2 aromatic rings. The number of hydrogen-bond acceptors (Lipinski definition) is 2. The molecule has 2 heteroatoms. The normalized spacial score (nSPS) is 16.4. The van der Waals surface area contributed by atoms with Gasteiger partial charge in [0.25, 0.3) is 0 Å². The van der Waals surface area contributed by atoms with E-state index in [0.717, 1.165) is 16.9 Å². The lowest BCUT2D eigenvalue weighted by molar-refractivity contribution is 0.462. The quantitative estimate of drug-likeness (QED) is 0.862. The van der Waals surface area contributed by atoms with Crippen LogP contribution in [0.15, 0.2) is 36.9 Å². The van der Waals surface area contributed by atoms with Crippen LogP contribution in [0.5, 0.6) is 0 Å². The summed E-state index contributed by atoms with van der Waals surface area (Å²) >= 11 is 0. The van der Waals surface area contributed by atoms with Crippen LogP contribution in [0.1, 0.15) is 37.7 Å². The maximum atomic E-state index is 4.76. The van der Waals surface area contributed by atoms with E-state index in [9.17, 15) is 0 Å². The smallest absolute Gasteiger partial charge is 0.134 e. The zero-order chi connectivity index (χ0) is 13.1. The van der Waals surface area contributed by atoms with Crippen LogP contribution >= 0.6 is 0 Å². The Labute approximate surface area is 114 Å². The van der Waals surface area contributed by atoms with E-state index in [1.165, 1.54) is 37.5 Å². The second-order valence-corrected chi connectivity index (χ2v) is 5.30. The number of nitrogens with zero attached hydrogens (tertiary/aromatic N) is 1. The van der Waals surface area contributed by atoms with Crippen LogP contribution in [0, 0.1) is 0 Å². The van der Waals surface area contributed by atoms with E-state index in [1.807, 2.05) is 18.2 Å². The van der Waals surface area contributed by atoms with Gasteiger partial charge < -0.3 is 5.32 Å². The molecular formula is C17H20N2. The van der Waals surface area contributed by atoms with Crippen molar-refractivity contribution in [1.29, 1.82) is 0 Å². The molecule has 1 aromatic heterocycles. The van der Waals surface area contributed by atoms with Crippen LogP contribution in [0.25, 0.3) is 17.0 Å². The maximum Gasteiger partial charge on any atom is 0.134 e. The largest absolute Gasteiger partial charge is 0.367 e. The molecule has 0 spiro atoms. The molecule has 0 aliphatic heterocycles. The van der Waals surface area contributed by atoms with Gasteiger partial charge in [0.05, 0.1) is 5.52 Å². The standard InChI is InChI=1S/C17H20N2/c1-2-13-12-14-8-6-7-11-16(14)19-17(13)18-15-9-4-3-5-10-15/h2,6-8,11-12,15H,1,3-5,9-10H2,(H,18,19). The van der Waals surface area contributed by atoms with Crippen LogP contribution in [-0.4, -0.2) is 11.0 Å². The van der Waals surface area contributed by atoms with E-state index >= 15 is 0 Å². The molecule has 1 saturated carbocycles. The molecule has 1 aliphatic carbocycles. The summed E-state index contributed by atoms with van der Waals surface area (Å²) in [6.45, 7) is 3.91. The van der Waals surface area contributed by atoms with Crippen LogP contribution in [0.4, 0.5) is 5.82 Å². The molecule has 0 unspecified atom stereocenters. The molecule has 2 nitrogen and oxygen atoms in total. The Hall–Kier alpha value is -1.83. The molecular weight excluding hydrogens is 232 g/mol. The number of fused-ring (bicyclic) bond motifs is 1. The zero-order valence-electron chi connectivity index (χ0n) is 11.2. The fraction of sp³-hybridized carbons (Fsp3) is 0.353. The van der Waals surface area contributed by atoms with Gasteiger partial charge in [-0.3, -0.25) is 0 Å². The summed E-state index contributed by atoms with van der Waals surface area (Å²) in [4.78, 5) is 4.76. The third-order valence-corrected chi connectivity index (χ3v) is 3.92. The number of nitrogens with one attached hydrogen (secondary N) is 1. The Kier molecular flexibility index (Phi) is 3.49. The maximum absolute atomic E-state index is 4.76. The van der Waals surface area contributed by atoms with Gasteiger partial charge in [0.2, 0.25) is 0 Å². The fourth-order valence-corrected chi connectivity index (χ4v) is 2.84. The van der Waals surface area contributed by atoms with Crippen molar-refractivity contribution in [2.75, 3.05) is 5.32 Å². The lowest BCUT2D eigenvalue weighted by Crippen LogP contribution is -2.23. The zero-order valence-corrected chi connectivity index (χ0v) is 11.2. The monoisotopic (exact) mass is 252 g/mol. The van der Waals surface area contributed by atoms with Crippen molar-refractivity contribution in [3.05, 3.63) is 42.5 Å². The number of anilines is 1. The minimum absolute atomic E-state index is 0.570. The lowest BCUT2D eigenvalue weighted by atomic mass is 9.95. The fourth-order valence-electron chi connectivity index (χ4n) is 2.84. The lowest BCUT2D eigenvalue weighted by Gasteiger charge is -2.24. The van der Waals surface area contributed by atoms with Gasteiger partial charge in [-0.15, -0.1) is 0 Å². The van der Waals surface area contributed by atoms with E-state index < -0.39 is 0 Å². The third-order valence-electron chi connectivity index (χ3n) is 3.92. The van der Waals surface area contributed by atoms with E-state index in [1.54, 1.807) is 0 Å². The van der Waals surface area contributed by atoms with Gasteiger partial charge in [0, 0.05) is 17.0 Å². The van der Waals surface area contributed by atoms with E-state index in [-0.39, 0.29) is 0 Å². The molecule has 19 heavy (non-hydrogen) atoms. The van der Waals surface area contributed by atoms with Crippen LogP contribution < -0.4 is 5.32 Å². The summed E-state index contributed by atoms with van der Waals surface area (Å²) in [6, 6.07) is 11.0. The predicted molar refractivity (Wildman–Crippen MR) is 82.3 cm³/mol. The molecule has 0 atom stereocenters. The molecule has 1 heterocycles. The number of hydrogen-bond donors (Lipinski definition) is 1. The summed E-state index contributed by atoms with van der Waals surface area (Å²) in [5.74, 6) is 0.987. The average Bonchev–Trinajstić information content (AvgIpc) is 2.47. The van der Waals surface area contributed by atoms with Gasteiger partial charge >= 0.3 is 0 Å². The first-order valence-corrected chi connectivity index (χ1v) is 7.15. The van der Waals surface area contributed by atoms with Crippen LogP contribution in [0.3, 0.4) is 0 Å². The van der Waals surface area contributed by atoms with Gasteiger partial charge in [-0.1, -0.05) is 50.1 Å². The van der Waals surface area contributed by atoms with Gasteiger partial charge in [0.15, 0.2) is 0 Å². The van der Waals surface area contributed by atoms with Crippen molar-refractivity contribution in [2.24, 2.45) is 0 Å². The Morgan fingerprint density at radius 2 is 1.95 bits per heavy atom. The highest BCUT2D eigenvalue weighted by atomic mass is 15.0. The second-order valence-electron chi connectivity index (χ2n) is 5.30. The van der Waals surface area contributed by atoms with E-state index in [4.69, 9.17) is 4.98 Å². The first-order chi connectivity index (χ1) is 9.36. The first-order valence-electron chi connectivity index (χ1n) is 7.15. The minimum Gasteiger partial charge on any atom is -0.367 e. The van der Waals surface area contributed by atoms with Gasteiger partial charge in [-0.25, -0.2) is 4.98 Å². The third kappa shape index (κ3) is 2.62. The van der Waals surface area contributed by atoms with Gasteiger partial charge in [-0.05, 0) is 25.0 Å². The number of rotatable bonds is 3. The Balaban J connectivity index is 1.94. The van der Waals surface area contributed by atoms with Crippen LogP contribution in [0.2, 0.25) is 0 Å². The van der Waals surface area contributed by atoms with Crippen molar-refractivity contribution in [1.82, 2.24) is 4.98 Å². The molecule has 0 saturated heterocycles. The minimum atomic E-state index is 0.570. The van der Waals surface area contributed by atoms with Crippen LogP contribution in [-0.2, 0) is 0 Å². The number of benzene rings is 1. The molecule has 0 radical (unpaired) electrons. The summed E-state index contributed by atoms with van der Waals surface area (Å²) in [5, 5.41) is 4.78. The molecule has 98 valence electrons. The number of aromatic nitrogens is 1. The molecule has 1 aromatic carbocycles. The molecule has 3 rings (SSSR count). The number of pyridine rings is 1. The highest BCUT2D eigenvalue weighted by Crippen LogP contribution is 2.25. The van der Waals surface area contributed by atoms with Crippen molar-refractivity contribution in [3.63, 3.8) is 0 Å². The van der Waals surface area contributed by atoms with E-state index in [0.29, 0.717) is 6.04 Å². The SMILES string of the molecule is C=Cc1cc2ccccc2nc1NC1CCCCC1. The molecule has 0 amide bonds. The highest BCUT2D eigenvalue weighted by Gasteiger charge is 2.15. The number of para-hydroxylation sites is 1. The Morgan fingerprint density at radius 3 is 2.74 bits per heavy atom. The highest BCUT2D eigenvalue weighted by molar-refractivity contribution is 5.84. The van der Waals surface area contributed by atoms with Crippen molar-refractivity contribution < 1.29 is 0 Å². The van der Waals surface area contributed by atoms with Crippen molar-refractivity contribution in [2.45, 2.75) is 38.1 Å². The molecule has 0 bridgehead atoms. The Morgan fingerprint density at radius 1 is 1.16 bits per heavy atom.